The zero-order chi connectivity index (χ0) is 20.2. The van der Waals surface area contributed by atoms with Crippen molar-refractivity contribution in [2.24, 2.45) is 40.2 Å². The van der Waals surface area contributed by atoms with Crippen molar-refractivity contribution >= 4 is 5.97 Å². The lowest BCUT2D eigenvalue weighted by Crippen LogP contribution is -2.57. The summed E-state index contributed by atoms with van der Waals surface area (Å²) in [6.07, 6.45) is 7.64. The summed E-state index contributed by atoms with van der Waals surface area (Å²) in [5.41, 5.74) is 6.50. The third kappa shape index (κ3) is 2.95. The molecule has 4 fully saturated rings. The minimum Gasteiger partial charge on any atom is -0.462 e. The molecule has 7 atom stereocenters. The van der Waals surface area contributed by atoms with Gasteiger partial charge in [-0.2, -0.15) is 0 Å². The first-order valence-corrected chi connectivity index (χ1v) is 11.4. The van der Waals surface area contributed by atoms with Crippen LogP contribution in [0.4, 0.5) is 0 Å². The van der Waals surface area contributed by atoms with Gasteiger partial charge in [0.05, 0.1) is 13.2 Å². The maximum atomic E-state index is 11.9. The Kier molecular flexibility index (Phi) is 5.33. The van der Waals surface area contributed by atoms with E-state index in [1.54, 1.807) is 6.92 Å². The molecule has 4 aliphatic rings. The number of hydrogen-bond donors (Lipinski definition) is 1. The Labute approximate surface area is 170 Å². The van der Waals surface area contributed by atoms with Crippen molar-refractivity contribution in [2.45, 2.75) is 84.5 Å². The highest BCUT2D eigenvalue weighted by Crippen LogP contribution is 2.66. The van der Waals surface area contributed by atoms with E-state index in [4.69, 9.17) is 19.9 Å². The summed E-state index contributed by atoms with van der Waals surface area (Å²) < 4.78 is 18.4. The largest absolute Gasteiger partial charge is 0.462 e. The van der Waals surface area contributed by atoms with E-state index in [2.05, 4.69) is 20.8 Å². The van der Waals surface area contributed by atoms with E-state index in [0.717, 1.165) is 38.5 Å². The summed E-state index contributed by atoms with van der Waals surface area (Å²) in [4.78, 5) is 11.9. The van der Waals surface area contributed by atoms with Crippen LogP contribution < -0.4 is 5.73 Å². The van der Waals surface area contributed by atoms with Crippen LogP contribution in [-0.4, -0.2) is 37.6 Å². The standard InChI is InChI=1S/C23H39NO4/c1-15-5-8-21(3,20(13-15)28-16(2)25)18-6-9-22(4)19(17(18)14-24)7-10-23(22)26-11-12-27-23/h15,17-20H,5-14,24H2,1-4H3/t15-,17+,18?,19?,20-,21+,22-/m0/s1. The minimum atomic E-state index is -0.396. The molecule has 3 saturated carbocycles. The van der Waals surface area contributed by atoms with Crippen LogP contribution in [0.3, 0.4) is 0 Å². The summed E-state index contributed by atoms with van der Waals surface area (Å²) in [6.45, 7) is 10.7. The van der Waals surface area contributed by atoms with Crippen LogP contribution >= 0.6 is 0 Å². The molecular weight excluding hydrogens is 354 g/mol. The van der Waals surface area contributed by atoms with Crippen LogP contribution in [0.15, 0.2) is 0 Å². The number of ether oxygens (including phenoxy) is 3. The number of hydrogen-bond acceptors (Lipinski definition) is 5. The lowest BCUT2D eigenvalue weighted by atomic mass is 9.50. The van der Waals surface area contributed by atoms with E-state index in [0.29, 0.717) is 43.4 Å². The maximum absolute atomic E-state index is 11.9. The van der Waals surface area contributed by atoms with Crippen LogP contribution in [0.2, 0.25) is 0 Å². The molecule has 0 radical (unpaired) electrons. The molecule has 1 spiro atoms. The summed E-state index contributed by atoms with van der Waals surface area (Å²) in [5, 5.41) is 0. The van der Waals surface area contributed by atoms with Crippen molar-refractivity contribution in [3.63, 3.8) is 0 Å². The molecule has 1 saturated heterocycles. The topological polar surface area (TPSA) is 70.8 Å². The van der Waals surface area contributed by atoms with Gasteiger partial charge < -0.3 is 19.9 Å². The number of carbonyl (C=O) groups excluding carboxylic acids is 1. The highest BCUT2D eigenvalue weighted by atomic mass is 16.7. The fourth-order valence-corrected chi connectivity index (χ4v) is 7.60. The third-order valence-corrected chi connectivity index (χ3v) is 9.19. The lowest BCUT2D eigenvalue weighted by molar-refractivity contribution is -0.244. The van der Waals surface area contributed by atoms with Gasteiger partial charge in [0, 0.05) is 24.2 Å². The molecular formula is C23H39NO4. The first kappa shape index (κ1) is 20.6. The highest BCUT2D eigenvalue weighted by molar-refractivity contribution is 5.66. The van der Waals surface area contributed by atoms with E-state index in [1.165, 1.54) is 6.42 Å². The average molecular weight is 394 g/mol. The van der Waals surface area contributed by atoms with E-state index in [9.17, 15) is 4.79 Å². The number of fused-ring (bicyclic) bond motifs is 2. The Balaban J connectivity index is 1.63. The van der Waals surface area contributed by atoms with E-state index < -0.39 is 5.79 Å². The molecule has 5 heteroatoms. The van der Waals surface area contributed by atoms with Crippen LogP contribution in [0.5, 0.6) is 0 Å². The molecule has 4 rings (SSSR count). The molecule has 3 aliphatic carbocycles. The first-order chi connectivity index (χ1) is 13.3. The van der Waals surface area contributed by atoms with Gasteiger partial charge in [-0.1, -0.05) is 20.8 Å². The Morgan fingerprint density at radius 3 is 2.39 bits per heavy atom. The van der Waals surface area contributed by atoms with Gasteiger partial charge >= 0.3 is 5.97 Å². The van der Waals surface area contributed by atoms with Gasteiger partial charge in [0.25, 0.3) is 0 Å². The highest BCUT2D eigenvalue weighted by Gasteiger charge is 2.66. The Morgan fingerprint density at radius 2 is 1.75 bits per heavy atom. The Morgan fingerprint density at radius 1 is 1.07 bits per heavy atom. The average Bonchev–Trinajstić information content (AvgIpc) is 3.24. The SMILES string of the molecule is CC(=O)O[C@H]1C[C@@H](C)CC[C@]1(C)C1CC[C@@]2(C)C(CCC23OCCO3)[C@@H]1CN. The predicted molar refractivity (Wildman–Crippen MR) is 107 cm³/mol. The van der Waals surface area contributed by atoms with Gasteiger partial charge in [0.1, 0.15) is 6.10 Å². The van der Waals surface area contributed by atoms with Crippen molar-refractivity contribution < 1.29 is 19.0 Å². The summed E-state index contributed by atoms with van der Waals surface area (Å²) in [5.74, 6) is 1.50. The molecule has 0 aromatic rings. The number of rotatable bonds is 3. The molecule has 5 nitrogen and oxygen atoms in total. The number of nitrogens with two attached hydrogens (primary N) is 1. The molecule has 2 unspecified atom stereocenters. The van der Waals surface area contributed by atoms with Crippen LogP contribution in [0.1, 0.15) is 72.6 Å². The van der Waals surface area contributed by atoms with Gasteiger partial charge in [0.15, 0.2) is 5.79 Å². The lowest BCUT2D eigenvalue weighted by Gasteiger charge is -2.57. The van der Waals surface area contributed by atoms with E-state index in [1.807, 2.05) is 0 Å². The van der Waals surface area contributed by atoms with Crippen molar-refractivity contribution in [1.82, 2.24) is 0 Å². The molecule has 1 aliphatic heterocycles. The zero-order valence-corrected chi connectivity index (χ0v) is 18.2. The monoisotopic (exact) mass is 393 g/mol. The van der Waals surface area contributed by atoms with Crippen molar-refractivity contribution in [3.05, 3.63) is 0 Å². The smallest absolute Gasteiger partial charge is 0.302 e. The molecule has 0 aromatic carbocycles. The van der Waals surface area contributed by atoms with E-state index in [-0.39, 0.29) is 22.9 Å². The maximum Gasteiger partial charge on any atom is 0.302 e. The van der Waals surface area contributed by atoms with Crippen LogP contribution in [0, 0.1) is 34.5 Å². The van der Waals surface area contributed by atoms with Gasteiger partial charge in [0.2, 0.25) is 0 Å². The summed E-state index contributed by atoms with van der Waals surface area (Å²) >= 11 is 0. The van der Waals surface area contributed by atoms with Gasteiger partial charge in [-0.05, 0) is 68.7 Å². The zero-order valence-electron chi connectivity index (χ0n) is 18.2. The second-order valence-electron chi connectivity index (χ2n) is 10.5. The van der Waals surface area contributed by atoms with Crippen LogP contribution in [0.25, 0.3) is 0 Å². The van der Waals surface area contributed by atoms with Crippen LogP contribution in [-0.2, 0) is 19.0 Å². The van der Waals surface area contributed by atoms with Gasteiger partial charge in [-0.3, -0.25) is 4.79 Å². The molecule has 2 N–H and O–H groups in total. The molecule has 1 heterocycles. The first-order valence-electron chi connectivity index (χ1n) is 11.4. The van der Waals surface area contributed by atoms with Crippen molar-refractivity contribution in [1.29, 1.82) is 0 Å². The number of esters is 1. The summed E-state index contributed by atoms with van der Waals surface area (Å²) in [6, 6.07) is 0. The fourth-order valence-electron chi connectivity index (χ4n) is 7.60. The third-order valence-electron chi connectivity index (χ3n) is 9.19. The van der Waals surface area contributed by atoms with Gasteiger partial charge in [-0.15, -0.1) is 0 Å². The molecule has 0 amide bonds. The van der Waals surface area contributed by atoms with Crippen molar-refractivity contribution in [2.75, 3.05) is 19.8 Å². The minimum absolute atomic E-state index is 0.00602. The Bertz CT molecular complexity index is 603. The Hall–Kier alpha value is -0.650. The second-order valence-corrected chi connectivity index (χ2v) is 10.5. The summed E-state index contributed by atoms with van der Waals surface area (Å²) in [7, 11) is 0. The van der Waals surface area contributed by atoms with E-state index >= 15 is 0 Å². The fraction of sp³-hybridized carbons (Fsp3) is 0.957. The molecule has 0 bridgehead atoms. The quantitative estimate of drug-likeness (QED) is 0.737. The van der Waals surface area contributed by atoms with Crippen molar-refractivity contribution in [3.8, 4) is 0 Å². The molecule has 160 valence electrons. The number of carbonyl (C=O) groups is 1. The molecule has 0 aromatic heterocycles. The second kappa shape index (κ2) is 7.24. The molecule has 28 heavy (non-hydrogen) atoms. The predicted octanol–water partition coefficient (Wildman–Crippen LogP) is 3.89. The van der Waals surface area contributed by atoms with Gasteiger partial charge in [-0.25, -0.2) is 0 Å². The normalized spacial score (nSPS) is 47.8.